The lowest BCUT2D eigenvalue weighted by atomic mass is 10.0. The van der Waals surface area contributed by atoms with Crippen molar-refractivity contribution >= 4 is 15.9 Å². The molecule has 0 radical (unpaired) electrons. The van der Waals surface area contributed by atoms with E-state index in [9.17, 15) is 5.11 Å². The highest BCUT2D eigenvalue weighted by Crippen LogP contribution is 2.32. The lowest BCUT2D eigenvalue weighted by Crippen LogP contribution is -2.06. The van der Waals surface area contributed by atoms with E-state index in [-0.39, 0.29) is 6.79 Å². The summed E-state index contributed by atoms with van der Waals surface area (Å²) in [5.74, 6) is 0.604. The summed E-state index contributed by atoms with van der Waals surface area (Å²) in [5, 5.41) is 10.4. The molecule has 0 aliphatic heterocycles. The average molecular weight is 323 g/mol. The second kappa shape index (κ2) is 6.70. The van der Waals surface area contributed by atoms with Crippen LogP contribution in [0.3, 0.4) is 0 Å². The van der Waals surface area contributed by atoms with E-state index in [1.807, 2.05) is 48.5 Å². The highest BCUT2D eigenvalue weighted by molar-refractivity contribution is 9.10. The van der Waals surface area contributed by atoms with Crippen molar-refractivity contribution in [2.75, 3.05) is 13.9 Å². The molecule has 0 saturated heterocycles. The van der Waals surface area contributed by atoms with Crippen molar-refractivity contribution in [3.8, 4) is 5.75 Å². The standard InChI is InChI=1S/C15H15BrO3/c1-18-10-19-14-9-12(16)7-8-13(14)15(17)11-5-3-2-4-6-11/h2-9,15,17H,10H2,1H3. The number of methoxy groups -OCH3 is 1. The molecule has 0 spiro atoms. The van der Waals surface area contributed by atoms with Crippen LogP contribution in [-0.2, 0) is 4.74 Å². The molecule has 0 fully saturated rings. The maximum atomic E-state index is 10.4. The van der Waals surface area contributed by atoms with Gasteiger partial charge in [-0.1, -0.05) is 52.3 Å². The van der Waals surface area contributed by atoms with Gasteiger partial charge in [0.2, 0.25) is 0 Å². The minimum atomic E-state index is -0.721. The maximum absolute atomic E-state index is 10.4. The Morgan fingerprint density at radius 3 is 2.58 bits per heavy atom. The van der Waals surface area contributed by atoms with Gasteiger partial charge in [-0.25, -0.2) is 0 Å². The third-order valence-electron chi connectivity index (χ3n) is 2.72. The van der Waals surface area contributed by atoms with Gasteiger partial charge in [0, 0.05) is 17.1 Å². The topological polar surface area (TPSA) is 38.7 Å². The molecule has 0 aromatic heterocycles. The van der Waals surface area contributed by atoms with Gasteiger partial charge in [-0.2, -0.15) is 0 Å². The van der Waals surface area contributed by atoms with E-state index < -0.39 is 6.10 Å². The lowest BCUT2D eigenvalue weighted by molar-refractivity contribution is 0.0487. The van der Waals surface area contributed by atoms with E-state index in [0.717, 1.165) is 10.0 Å². The maximum Gasteiger partial charge on any atom is 0.188 e. The van der Waals surface area contributed by atoms with Crippen LogP contribution < -0.4 is 4.74 Å². The number of halogens is 1. The summed E-state index contributed by atoms with van der Waals surface area (Å²) in [6, 6.07) is 15.0. The Morgan fingerprint density at radius 1 is 1.16 bits per heavy atom. The average Bonchev–Trinajstić information content (AvgIpc) is 2.45. The molecule has 3 nitrogen and oxygen atoms in total. The van der Waals surface area contributed by atoms with Crippen molar-refractivity contribution in [2.45, 2.75) is 6.10 Å². The molecular formula is C15H15BrO3. The van der Waals surface area contributed by atoms with Crippen LogP contribution in [0.15, 0.2) is 53.0 Å². The minimum absolute atomic E-state index is 0.144. The second-order valence-electron chi connectivity index (χ2n) is 4.05. The van der Waals surface area contributed by atoms with Crippen molar-refractivity contribution in [3.63, 3.8) is 0 Å². The van der Waals surface area contributed by atoms with Crippen LogP contribution >= 0.6 is 15.9 Å². The molecule has 1 atom stereocenters. The van der Waals surface area contributed by atoms with E-state index in [1.54, 1.807) is 7.11 Å². The van der Waals surface area contributed by atoms with Crippen LogP contribution in [0, 0.1) is 0 Å². The van der Waals surface area contributed by atoms with Crippen molar-refractivity contribution < 1.29 is 14.6 Å². The molecule has 0 bridgehead atoms. The number of aliphatic hydroxyl groups excluding tert-OH is 1. The zero-order chi connectivity index (χ0) is 13.7. The van der Waals surface area contributed by atoms with Gasteiger partial charge in [-0.05, 0) is 17.7 Å². The molecule has 2 aromatic rings. The van der Waals surface area contributed by atoms with E-state index in [1.165, 1.54) is 0 Å². The summed E-state index contributed by atoms with van der Waals surface area (Å²) in [6.07, 6.45) is -0.721. The molecule has 4 heteroatoms. The van der Waals surface area contributed by atoms with Crippen LogP contribution in [0.4, 0.5) is 0 Å². The highest BCUT2D eigenvalue weighted by atomic mass is 79.9. The van der Waals surface area contributed by atoms with Gasteiger partial charge in [0.1, 0.15) is 11.9 Å². The molecule has 1 unspecified atom stereocenters. The molecule has 0 amide bonds. The summed E-state index contributed by atoms with van der Waals surface area (Å²) in [4.78, 5) is 0. The summed E-state index contributed by atoms with van der Waals surface area (Å²) >= 11 is 3.39. The predicted molar refractivity (Wildman–Crippen MR) is 77.1 cm³/mol. The van der Waals surface area contributed by atoms with Crippen molar-refractivity contribution in [3.05, 3.63) is 64.1 Å². The molecule has 2 rings (SSSR count). The fourth-order valence-corrected chi connectivity index (χ4v) is 2.14. The van der Waals surface area contributed by atoms with Crippen molar-refractivity contribution in [1.29, 1.82) is 0 Å². The van der Waals surface area contributed by atoms with Crippen LogP contribution in [0.1, 0.15) is 17.2 Å². The van der Waals surface area contributed by atoms with Crippen LogP contribution in [-0.4, -0.2) is 19.0 Å². The fourth-order valence-electron chi connectivity index (χ4n) is 1.80. The molecule has 0 saturated carbocycles. The molecule has 100 valence electrons. The Balaban J connectivity index is 2.32. The van der Waals surface area contributed by atoms with E-state index >= 15 is 0 Å². The molecule has 19 heavy (non-hydrogen) atoms. The summed E-state index contributed by atoms with van der Waals surface area (Å²) in [5.41, 5.74) is 1.54. The molecular weight excluding hydrogens is 308 g/mol. The molecule has 2 aromatic carbocycles. The first-order valence-electron chi connectivity index (χ1n) is 5.86. The second-order valence-corrected chi connectivity index (χ2v) is 4.96. The monoisotopic (exact) mass is 322 g/mol. The Hall–Kier alpha value is -1.36. The number of ether oxygens (including phenoxy) is 2. The van der Waals surface area contributed by atoms with Gasteiger partial charge in [0.25, 0.3) is 0 Å². The number of rotatable bonds is 5. The van der Waals surface area contributed by atoms with Gasteiger partial charge in [0.05, 0.1) is 0 Å². The van der Waals surface area contributed by atoms with Crippen molar-refractivity contribution in [1.82, 2.24) is 0 Å². The largest absolute Gasteiger partial charge is 0.467 e. The Morgan fingerprint density at radius 2 is 1.89 bits per heavy atom. The first-order chi connectivity index (χ1) is 9.22. The third-order valence-corrected chi connectivity index (χ3v) is 3.21. The molecule has 0 heterocycles. The quantitative estimate of drug-likeness (QED) is 0.856. The van der Waals surface area contributed by atoms with Crippen LogP contribution in [0.2, 0.25) is 0 Å². The van der Waals surface area contributed by atoms with Gasteiger partial charge < -0.3 is 14.6 Å². The molecule has 0 aliphatic carbocycles. The SMILES string of the molecule is COCOc1cc(Br)ccc1C(O)c1ccccc1. The Bertz CT molecular complexity index is 528. The van der Waals surface area contributed by atoms with E-state index in [0.29, 0.717) is 11.3 Å². The number of aliphatic hydroxyl groups is 1. The number of benzene rings is 2. The van der Waals surface area contributed by atoms with E-state index in [2.05, 4.69) is 15.9 Å². The van der Waals surface area contributed by atoms with Gasteiger partial charge in [-0.15, -0.1) is 0 Å². The van der Waals surface area contributed by atoms with Gasteiger partial charge >= 0.3 is 0 Å². The van der Waals surface area contributed by atoms with Crippen molar-refractivity contribution in [2.24, 2.45) is 0 Å². The third kappa shape index (κ3) is 3.56. The normalized spacial score (nSPS) is 12.2. The fraction of sp³-hybridized carbons (Fsp3) is 0.200. The zero-order valence-electron chi connectivity index (χ0n) is 10.5. The smallest absolute Gasteiger partial charge is 0.188 e. The zero-order valence-corrected chi connectivity index (χ0v) is 12.1. The highest BCUT2D eigenvalue weighted by Gasteiger charge is 2.15. The lowest BCUT2D eigenvalue weighted by Gasteiger charge is -2.16. The van der Waals surface area contributed by atoms with Gasteiger partial charge in [0.15, 0.2) is 6.79 Å². The summed E-state index contributed by atoms with van der Waals surface area (Å²) in [6.45, 7) is 0.144. The minimum Gasteiger partial charge on any atom is -0.467 e. The van der Waals surface area contributed by atoms with E-state index in [4.69, 9.17) is 9.47 Å². The Kier molecular flexibility index (Phi) is 4.96. The summed E-state index contributed by atoms with van der Waals surface area (Å²) in [7, 11) is 1.56. The van der Waals surface area contributed by atoms with Crippen LogP contribution in [0.5, 0.6) is 5.75 Å². The first kappa shape index (κ1) is 14.1. The predicted octanol–water partition coefficient (Wildman–Crippen LogP) is 3.51. The number of hydrogen-bond donors (Lipinski definition) is 1. The Labute approximate surface area is 120 Å². The molecule has 0 aliphatic rings. The number of hydrogen-bond acceptors (Lipinski definition) is 3. The van der Waals surface area contributed by atoms with Gasteiger partial charge in [-0.3, -0.25) is 0 Å². The van der Waals surface area contributed by atoms with Crippen LogP contribution in [0.25, 0.3) is 0 Å². The summed E-state index contributed by atoms with van der Waals surface area (Å²) < 4.78 is 11.3. The molecule has 1 N–H and O–H groups in total. The first-order valence-corrected chi connectivity index (χ1v) is 6.66.